The highest BCUT2D eigenvalue weighted by molar-refractivity contribution is 4.98. The van der Waals surface area contributed by atoms with Gasteiger partial charge in [-0.3, -0.25) is 4.90 Å². The first kappa shape index (κ1) is 13.8. The van der Waals surface area contributed by atoms with Crippen LogP contribution in [-0.2, 0) is 4.74 Å². The minimum atomic E-state index is 0.369. The minimum absolute atomic E-state index is 0.369. The molecule has 0 aromatic carbocycles. The van der Waals surface area contributed by atoms with Crippen molar-refractivity contribution in [2.24, 2.45) is 11.1 Å². The Balaban J connectivity index is 1.75. The van der Waals surface area contributed by atoms with Gasteiger partial charge in [0.1, 0.15) is 0 Å². The molecule has 2 aliphatic carbocycles. The van der Waals surface area contributed by atoms with Crippen molar-refractivity contribution in [3.63, 3.8) is 0 Å². The van der Waals surface area contributed by atoms with Gasteiger partial charge in [-0.1, -0.05) is 26.7 Å². The van der Waals surface area contributed by atoms with E-state index in [1.165, 1.54) is 44.9 Å². The molecule has 4 unspecified atom stereocenters. The van der Waals surface area contributed by atoms with Gasteiger partial charge in [0, 0.05) is 24.7 Å². The molecule has 3 fully saturated rings. The molecule has 2 N–H and O–H groups in total. The normalized spacial score (nSPS) is 43.7. The third-order valence-electron chi connectivity index (χ3n) is 5.61. The summed E-state index contributed by atoms with van der Waals surface area (Å²) in [7, 11) is 0. The van der Waals surface area contributed by atoms with E-state index in [0.29, 0.717) is 29.6 Å². The van der Waals surface area contributed by atoms with Gasteiger partial charge < -0.3 is 10.5 Å². The molecular formula is C16H30N2O. The van der Waals surface area contributed by atoms with E-state index in [9.17, 15) is 0 Å². The van der Waals surface area contributed by atoms with Crippen LogP contribution in [0.5, 0.6) is 0 Å². The van der Waals surface area contributed by atoms with Crippen molar-refractivity contribution < 1.29 is 4.74 Å². The smallest absolute Gasteiger partial charge is 0.0731 e. The Morgan fingerprint density at radius 1 is 1.11 bits per heavy atom. The molecular weight excluding hydrogens is 236 g/mol. The molecule has 0 spiro atoms. The number of rotatable bonds is 1. The van der Waals surface area contributed by atoms with E-state index in [-0.39, 0.29) is 0 Å². The summed E-state index contributed by atoms with van der Waals surface area (Å²) in [5.41, 5.74) is 6.93. The average Bonchev–Trinajstić information content (AvgIpc) is 2.41. The SMILES string of the molecule is CC1(C)CCC(N)C(N2CCOC3CCCCC32)C1. The van der Waals surface area contributed by atoms with Gasteiger partial charge in [-0.25, -0.2) is 0 Å². The van der Waals surface area contributed by atoms with Gasteiger partial charge in [-0.15, -0.1) is 0 Å². The van der Waals surface area contributed by atoms with Crippen molar-refractivity contribution in [2.75, 3.05) is 13.2 Å². The number of ether oxygens (including phenoxy) is 1. The van der Waals surface area contributed by atoms with Crippen LogP contribution >= 0.6 is 0 Å². The molecule has 0 aromatic rings. The summed E-state index contributed by atoms with van der Waals surface area (Å²) in [5.74, 6) is 0. The lowest BCUT2D eigenvalue weighted by Gasteiger charge is -2.52. The lowest BCUT2D eigenvalue weighted by molar-refractivity contribution is -0.114. The standard InChI is InChI=1S/C16H30N2O/c1-16(2)8-7-12(17)14(11-16)18-9-10-19-15-6-4-3-5-13(15)18/h12-15H,3-11,17H2,1-2H3. The van der Waals surface area contributed by atoms with E-state index in [2.05, 4.69) is 18.7 Å². The summed E-state index contributed by atoms with van der Waals surface area (Å²) in [6.45, 7) is 6.82. The maximum atomic E-state index is 6.47. The van der Waals surface area contributed by atoms with E-state index in [1.54, 1.807) is 0 Å². The first-order valence-electron chi connectivity index (χ1n) is 8.20. The second-order valence-electron chi connectivity index (χ2n) is 7.64. The second kappa shape index (κ2) is 5.34. The van der Waals surface area contributed by atoms with E-state index >= 15 is 0 Å². The van der Waals surface area contributed by atoms with Gasteiger partial charge in [0.15, 0.2) is 0 Å². The highest BCUT2D eigenvalue weighted by Crippen LogP contribution is 2.40. The van der Waals surface area contributed by atoms with Gasteiger partial charge in [0.05, 0.1) is 12.7 Å². The van der Waals surface area contributed by atoms with Crippen LogP contribution in [-0.4, -0.2) is 42.3 Å². The number of nitrogens with two attached hydrogens (primary N) is 1. The van der Waals surface area contributed by atoms with E-state index in [1.807, 2.05) is 0 Å². The first-order chi connectivity index (χ1) is 9.07. The van der Waals surface area contributed by atoms with Gasteiger partial charge in [-0.2, -0.15) is 0 Å². The summed E-state index contributed by atoms with van der Waals surface area (Å²) in [4.78, 5) is 2.74. The van der Waals surface area contributed by atoms with Gasteiger partial charge in [0.2, 0.25) is 0 Å². The lowest BCUT2D eigenvalue weighted by atomic mass is 9.72. The summed E-state index contributed by atoms with van der Waals surface area (Å²) < 4.78 is 6.01. The Morgan fingerprint density at radius 3 is 2.74 bits per heavy atom. The van der Waals surface area contributed by atoms with Crippen molar-refractivity contribution in [1.29, 1.82) is 0 Å². The maximum Gasteiger partial charge on any atom is 0.0731 e. The van der Waals surface area contributed by atoms with Crippen molar-refractivity contribution in [3.8, 4) is 0 Å². The number of fused-ring (bicyclic) bond motifs is 1. The topological polar surface area (TPSA) is 38.5 Å². The fourth-order valence-electron chi connectivity index (χ4n) is 4.47. The number of morpholine rings is 1. The largest absolute Gasteiger partial charge is 0.375 e. The Labute approximate surface area is 117 Å². The van der Waals surface area contributed by atoms with Crippen LogP contribution < -0.4 is 5.73 Å². The molecule has 0 bridgehead atoms. The van der Waals surface area contributed by atoms with E-state index in [0.717, 1.165) is 13.2 Å². The maximum absolute atomic E-state index is 6.47. The molecule has 3 heteroatoms. The molecule has 0 aromatic heterocycles. The highest BCUT2D eigenvalue weighted by Gasteiger charge is 2.43. The number of hydrogen-bond acceptors (Lipinski definition) is 3. The molecule has 1 heterocycles. The Hall–Kier alpha value is -0.120. The summed E-state index contributed by atoms with van der Waals surface area (Å²) >= 11 is 0. The Bertz CT molecular complexity index is 316. The molecule has 3 nitrogen and oxygen atoms in total. The molecule has 0 radical (unpaired) electrons. The van der Waals surface area contributed by atoms with Crippen LogP contribution in [0.2, 0.25) is 0 Å². The minimum Gasteiger partial charge on any atom is -0.375 e. The highest BCUT2D eigenvalue weighted by atomic mass is 16.5. The third kappa shape index (κ3) is 2.84. The third-order valence-corrected chi connectivity index (χ3v) is 5.61. The van der Waals surface area contributed by atoms with Gasteiger partial charge in [-0.05, 0) is 37.5 Å². The Morgan fingerprint density at radius 2 is 1.89 bits per heavy atom. The first-order valence-corrected chi connectivity index (χ1v) is 8.20. The van der Waals surface area contributed by atoms with Crippen LogP contribution in [0.25, 0.3) is 0 Å². The van der Waals surface area contributed by atoms with Crippen LogP contribution in [0.1, 0.15) is 58.8 Å². The fraction of sp³-hybridized carbons (Fsp3) is 1.00. The van der Waals surface area contributed by atoms with Crippen molar-refractivity contribution in [1.82, 2.24) is 4.90 Å². The quantitative estimate of drug-likeness (QED) is 0.792. The number of nitrogens with zero attached hydrogens (tertiary/aromatic N) is 1. The van der Waals surface area contributed by atoms with Crippen LogP contribution in [0.15, 0.2) is 0 Å². The zero-order chi connectivity index (χ0) is 13.5. The average molecular weight is 266 g/mol. The second-order valence-corrected chi connectivity index (χ2v) is 7.64. The summed E-state index contributed by atoms with van der Waals surface area (Å²) in [6.07, 6.45) is 9.50. The van der Waals surface area contributed by atoms with E-state index < -0.39 is 0 Å². The van der Waals surface area contributed by atoms with E-state index in [4.69, 9.17) is 10.5 Å². The molecule has 1 saturated heterocycles. The molecule has 4 atom stereocenters. The Kier molecular flexibility index (Phi) is 3.89. The zero-order valence-corrected chi connectivity index (χ0v) is 12.6. The van der Waals surface area contributed by atoms with Crippen molar-refractivity contribution >= 4 is 0 Å². The number of hydrogen-bond donors (Lipinski definition) is 1. The lowest BCUT2D eigenvalue weighted by Crippen LogP contribution is -2.62. The molecule has 3 rings (SSSR count). The van der Waals surface area contributed by atoms with Crippen LogP contribution in [0.4, 0.5) is 0 Å². The summed E-state index contributed by atoms with van der Waals surface area (Å²) in [5, 5.41) is 0. The van der Waals surface area contributed by atoms with Crippen LogP contribution in [0, 0.1) is 5.41 Å². The molecule has 110 valence electrons. The predicted molar refractivity (Wildman–Crippen MR) is 78.1 cm³/mol. The van der Waals surface area contributed by atoms with Crippen LogP contribution in [0.3, 0.4) is 0 Å². The molecule has 2 saturated carbocycles. The molecule has 3 aliphatic rings. The molecule has 0 amide bonds. The monoisotopic (exact) mass is 266 g/mol. The fourth-order valence-corrected chi connectivity index (χ4v) is 4.47. The predicted octanol–water partition coefficient (Wildman–Crippen LogP) is 2.54. The van der Waals surface area contributed by atoms with Crippen molar-refractivity contribution in [3.05, 3.63) is 0 Å². The van der Waals surface area contributed by atoms with Gasteiger partial charge in [0.25, 0.3) is 0 Å². The zero-order valence-electron chi connectivity index (χ0n) is 12.6. The van der Waals surface area contributed by atoms with Gasteiger partial charge >= 0.3 is 0 Å². The van der Waals surface area contributed by atoms with Crippen molar-refractivity contribution in [2.45, 2.75) is 83.0 Å². The molecule has 1 aliphatic heterocycles. The molecule has 19 heavy (non-hydrogen) atoms. The summed E-state index contributed by atoms with van der Waals surface area (Å²) in [6, 6.07) is 1.60.